The highest BCUT2D eigenvalue weighted by atomic mass is 16.4. The summed E-state index contributed by atoms with van der Waals surface area (Å²) in [6.07, 6.45) is 3.45. The fraction of sp³-hybridized carbons (Fsp3) is 0.417. The molecule has 0 atom stereocenters. The first-order valence-corrected chi connectivity index (χ1v) is 10.8. The Bertz CT molecular complexity index is 889. The van der Waals surface area contributed by atoms with Gasteiger partial charge >= 0.3 is 12.0 Å². The molecule has 4 rings (SSSR count). The highest BCUT2D eigenvalue weighted by molar-refractivity contribution is 6.06. The molecular weight excluding hydrogens is 378 g/mol. The summed E-state index contributed by atoms with van der Waals surface area (Å²) in [5, 5.41) is 8.98. The van der Waals surface area contributed by atoms with Gasteiger partial charge in [-0.25, -0.2) is 4.79 Å². The summed E-state index contributed by atoms with van der Waals surface area (Å²) in [6, 6.07) is 16.4. The minimum atomic E-state index is -0.714. The van der Waals surface area contributed by atoms with Gasteiger partial charge in [-0.2, -0.15) is 0 Å². The largest absolute Gasteiger partial charge is 0.481 e. The molecule has 6 nitrogen and oxygen atoms in total. The summed E-state index contributed by atoms with van der Waals surface area (Å²) in [5.41, 5.74) is 4.30. The molecule has 0 bridgehead atoms. The van der Waals surface area contributed by atoms with Gasteiger partial charge in [-0.15, -0.1) is 0 Å². The lowest BCUT2D eigenvalue weighted by Crippen LogP contribution is -2.49. The van der Waals surface area contributed by atoms with Crippen LogP contribution in [0.1, 0.15) is 30.9 Å². The van der Waals surface area contributed by atoms with Crippen LogP contribution >= 0.6 is 0 Å². The molecule has 2 saturated heterocycles. The molecule has 2 fully saturated rings. The zero-order chi connectivity index (χ0) is 21.1. The summed E-state index contributed by atoms with van der Waals surface area (Å²) in [6.45, 7) is 5.50. The van der Waals surface area contributed by atoms with Gasteiger partial charge in [0, 0.05) is 44.1 Å². The van der Waals surface area contributed by atoms with Crippen LogP contribution in [0.15, 0.2) is 48.5 Å². The Morgan fingerprint density at radius 3 is 1.97 bits per heavy atom. The SMILES string of the molecule is CCCCc1ccc(N2CCN(c3ccc(CN4CC(C(=O)O)C4)cc3)C2=O)cc1. The number of urea groups is 1. The van der Waals surface area contributed by atoms with Gasteiger partial charge in [-0.3, -0.25) is 19.5 Å². The summed E-state index contributed by atoms with van der Waals surface area (Å²) >= 11 is 0. The van der Waals surface area contributed by atoms with Crippen molar-refractivity contribution in [1.29, 1.82) is 0 Å². The normalized spacial score (nSPS) is 17.4. The van der Waals surface area contributed by atoms with Crippen LogP contribution in [0, 0.1) is 5.92 Å². The van der Waals surface area contributed by atoms with E-state index in [9.17, 15) is 9.59 Å². The minimum Gasteiger partial charge on any atom is -0.481 e. The Hall–Kier alpha value is -2.86. The van der Waals surface area contributed by atoms with Crippen molar-refractivity contribution in [3.8, 4) is 0 Å². The number of amides is 2. The summed E-state index contributed by atoms with van der Waals surface area (Å²) < 4.78 is 0. The third kappa shape index (κ3) is 4.33. The minimum absolute atomic E-state index is 0.0103. The number of benzene rings is 2. The lowest BCUT2D eigenvalue weighted by Gasteiger charge is -2.36. The topological polar surface area (TPSA) is 64.1 Å². The van der Waals surface area contributed by atoms with Crippen LogP contribution < -0.4 is 9.80 Å². The van der Waals surface area contributed by atoms with E-state index >= 15 is 0 Å². The van der Waals surface area contributed by atoms with Crippen LogP contribution in [0.3, 0.4) is 0 Å². The third-order valence-electron chi connectivity index (χ3n) is 6.04. The van der Waals surface area contributed by atoms with Crippen molar-refractivity contribution in [3.63, 3.8) is 0 Å². The Morgan fingerprint density at radius 2 is 1.47 bits per heavy atom. The molecule has 2 heterocycles. The van der Waals surface area contributed by atoms with Crippen molar-refractivity contribution in [2.45, 2.75) is 32.7 Å². The lowest BCUT2D eigenvalue weighted by atomic mass is 9.99. The first-order chi connectivity index (χ1) is 14.5. The molecule has 30 heavy (non-hydrogen) atoms. The molecule has 0 aromatic heterocycles. The summed E-state index contributed by atoms with van der Waals surface area (Å²) in [7, 11) is 0. The van der Waals surface area contributed by atoms with Gasteiger partial charge in [0.25, 0.3) is 0 Å². The second kappa shape index (κ2) is 8.88. The van der Waals surface area contributed by atoms with Crippen LogP contribution in [0.25, 0.3) is 0 Å². The Kier molecular flexibility index (Phi) is 6.04. The molecule has 2 aliphatic rings. The van der Waals surface area contributed by atoms with Gasteiger partial charge in [0.05, 0.1) is 5.92 Å². The number of carboxylic acids is 1. The van der Waals surface area contributed by atoms with E-state index in [0.717, 1.165) is 29.9 Å². The molecule has 2 aromatic carbocycles. The molecule has 2 amide bonds. The van der Waals surface area contributed by atoms with Crippen molar-refractivity contribution >= 4 is 23.4 Å². The molecular formula is C24H29N3O3. The van der Waals surface area contributed by atoms with Gasteiger partial charge < -0.3 is 5.11 Å². The van der Waals surface area contributed by atoms with Crippen molar-refractivity contribution in [1.82, 2.24) is 4.90 Å². The Morgan fingerprint density at radius 1 is 0.933 bits per heavy atom. The molecule has 2 aliphatic heterocycles. The van der Waals surface area contributed by atoms with E-state index in [0.29, 0.717) is 26.2 Å². The average molecular weight is 408 g/mol. The number of carbonyl (C=O) groups excluding carboxylic acids is 1. The monoisotopic (exact) mass is 407 g/mol. The molecule has 2 aromatic rings. The third-order valence-corrected chi connectivity index (χ3v) is 6.04. The van der Waals surface area contributed by atoms with E-state index in [1.54, 1.807) is 0 Å². The second-order valence-electron chi connectivity index (χ2n) is 8.25. The van der Waals surface area contributed by atoms with Crippen molar-refractivity contribution in [3.05, 3.63) is 59.7 Å². The Balaban J connectivity index is 1.35. The molecule has 0 unspecified atom stereocenters. The van der Waals surface area contributed by atoms with Crippen LogP contribution in [0.2, 0.25) is 0 Å². The lowest BCUT2D eigenvalue weighted by molar-refractivity contribution is -0.147. The van der Waals surface area contributed by atoms with Gasteiger partial charge in [0.2, 0.25) is 0 Å². The van der Waals surface area contributed by atoms with E-state index < -0.39 is 5.97 Å². The van der Waals surface area contributed by atoms with E-state index in [-0.39, 0.29) is 11.9 Å². The van der Waals surface area contributed by atoms with Gasteiger partial charge in [0.1, 0.15) is 0 Å². The maximum Gasteiger partial charge on any atom is 0.329 e. The zero-order valence-corrected chi connectivity index (χ0v) is 17.5. The van der Waals surface area contributed by atoms with Crippen LogP contribution in [0.5, 0.6) is 0 Å². The van der Waals surface area contributed by atoms with Gasteiger partial charge in [0.15, 0.2) is 0 Å². The van der Waals surface area contributed by atoms with Crippen LogP contribution in [-0.2, 0) is 17.8 Å². The predicted octanol–water partition coefficient (Wildman–Crippen LogP) is 3.99. The van der Waals surface area contributed by atoms with Crippen molar-refractivity contribution in [2.75, 3.05) is 36.0 Å². The number of aliphatic carboxylic acids is 1. The Labute approximate surface area is 177 Å². The quantitative estimate of drug-likeness (QED) is 0.719. The fourth-order valence-corrected chi connectivity index (χ4v) is 4.13. The summed E-state index contributed by atoms with van der Waals surface area (Å²) in [5.74, 6) is -0.951. The molecule has 0 spiro atoms. The average Bonchev–Trinajstić information content (AvgIpc) is 3.10. The maximum absolute atomic E-state index is 13.0. The number of anilines is 2. The molecule has 0 saturated carbocycles. The smallest absolute Gasteiger partial charge is 0.329 e. The number of rotatable bonds is 8. The number of likely N-dealkylation sites (tertiary alicyclic amines) is 1. The molecule has 6 heteroatoms. The van der Waals surface area contributed by atoms with E-state index in [2.05, 4.69) is 24.0 Å². The van der Waals surface area contributed by atoms with E-state index in [4.69, 9.17) is 5.11 Å². The van der Waals surface area contributed by atoms with Crippen LogP contribution in [-0.4, -0.2) is 48.2 Å². The number of unbranched alkanes of at least 4 members (excludes halogenated alkanes) is 1. The first kappa shape index (κ1) is 20.4. The van der Waals surface area contributed by atoms with Crippen molar-refractivity contribution in [2.24, 2.45) is 5.92 Å². The number of carboxylic acid groups (broad SMARTS) is 1. The van der Waals surface area contributed by atoms with Crippen LogP contribution in [0.4, 0.5) is 16.2 Å². The number of hydrogen-bond donors (Lipinski definition) is 1. The first-order valence-electron chi connectivity index (χ1n) is 10.8. The number of carbonyl (C=O) groups is 2. The van der Waals surface area contributed by atoms with Gasteiger partial charge in [-0.05, 0) is 48.2 Å². The molecule has 158 valence electrons. The van der Waals surface area contributed by atoms with E-state index in [1.807, 2.05) is 46.2 Å². The number of hydrogen-bond acceptors (Lipinski definition) is 3. The highest BCUT2D eigenvalue weighted by Crippen LogP contribution is 2.27. The predicted molar refractivity (Wildman–Crippen MR) is 118 cm³/mol. The van der Waals surface area contributed by atoms with Gasteiger partial charge in [-0.1, -0.05) is 37.6 Å². The maximum atomic E-state index is 13.0. The second-order valence-corrected chi connectivity index (χ2v) is 8.25. The summed E-state index contributed by atoms with van der Waals surface area (Å²) in [4.78, 5) is 29.7. The standard InChI is InChI=1S/C24H29N3O3/c1-2-3-4-18-5-9-21(10-6-18)26-13-14-27(24(26)30)22-11-7-19(8-12-22)15-25-16-20(17-25)23(28)29/h5-12,20H,2-4,13-17H2,1H3,(H,28,29). The fourth-order valence-electron chi connectivity index (χ4n) is 4.13. The highest BCUT2D eigenvalue weighted by Gasteiger charge is 2.33. The number of aryl methyl sites for hydroxylation is 1. The molecule has 0 radical (unpaired) electrons. The van der Waals surface area contributed by atoms with E-state index in [1.165, 1.54) is 18.4 Å². The molecule has 1 N–H and O–H groups in total. The van der Waals surface area contributed by atoms with Crippen molar-refractivity contribution < 1.29 is 14.7 Å². The number of nitrogens with zero attached hydrogens (tertiary/aromatic N) is 3. The molecule has 0 aliphatic carbocycles. The zero-order valence-electron chi connectivity index (χ0n) is 17.5.